The molecule has 1 aromatic heterocycles. The maximum atomic E-state index is 12.5. The molecule has 1 aliphatic heterocycles. The molecule has 0 saturated carbocycles. The molecule has 2 atom stereocenters. The van der Waals surface area contributed by atoms with Crippen LogP contribution in [-0.2, 0) is 25.7 Å². The number of anilines is 1. The van der Waals surface area contributed by atoms with E-state index in [0.717, 1.165) is 5.56 Å². The molecular weight excluding hydrogens is 372 g/mol. The second-order valence-corrected chi connectivity index (χ2v) is 7.48. The SMILES string of the molecule is CC(OC(=O)C1CC(=O)N(Cc2ccccc2)C1)C(=O)Nc1ccnn1C(C)C. The number of likely N-dealkylation sites (tertiary alicyclic amines) is 1. The number of carbonyl (C=O) groups is 3. The molecule has 2 unspecified atom stereocenters. The van der Waals surface area contributed by atoms with E-state index in [2.05, 4.69) is 10.4 Å². The Hall–Kier alpha value is -3.16. The Balaban J connectivity index is 1.53. The molecule has 3 rings (SSSR count). The number of nitrogens with one attached hydrogen (secondary N) is 1. The first kappa shape index (κ1) is 20.6. The van der Waals surface area contributed by atoms with Crippen molar-refractivity contribution in [2.24, 2.45) is 5.92 Å². The Morgan fingerprint density at radius 1 is 1.21 bits per heavy atom. The van der Waals surface area contributed by atoms with Crippen molar-refractivity contribution in [2.45, 2.75) is 45.9 Å². The fourth-order valence-corrected chi connectivity index (χ4v) is 3.26. The zero-order valence-corrected chi connectivity index (χ0v) is 16.9. The molecule has 0 aliphatic carbocycles. The first-order chi connectivity index (χ1) is 13.8. The molecule has 29 heavy (non-hydrogen) atoms. The number of esters is 1. The number of hydrogen-bond donors (Lipinski definition) is 1. The summed E-state index contributed by atoms with van der Waals surface area (Å²) in [5.74, 6) is -1.09. The van der Waals surface area contributed by atoms with E-state index in [-0.39, 0.29) is 18.4 Å². The number of rotatable bonds is 7. The summed E-state index contributed by atoms with van der Waals surface area (Å²) < 4.78 is 7.00. The molecule has 1 aliphatic rings. The van der Waals surface area contributed by atoms with Crippen molar-refractivity contribution >= 4 is 23.6 Å². The van der Waals surface area contributed by atoms with Crippen molar-refractivity contribution < 1.29 is 19.1 Å². The zero-order valence-electron chi connectivity index (χ0n) is 16.9. The number of nitrogens with zero attached hydrogens (tertiary/aromatic N) is 3. The van der Waals surface area contributed by atoms with Crippen molar-refractivity contribution in [3.63, 3.8) is 0 Å². The van der Waals surface area contributed by atoms with Crippen LogP contribution in [0.2, 0.25) is 0 Å². The second-order valence-electron chi connectivity index (χ2n) is 7.48. The van der Waals surface area contributed by atoms with E-state index in [4.69, 9.17) is 4.74 Å². The van der Waals surface area contributed by atoms with Crippen molar-refractivity contribution in [1.82, 2.24) is 14.7 Å². The van der Waals surface area contributed by atoms with Gasteiger partial charge in [0.15, 0.2) is 6.10 Å². The van der Waals surface area contributed by atoms with Crippen LogP contribution in [0.3, 0.4) is 0 Å². The largest absolute Gasteiger partial charge is 0.452 e. The third-order valence-corrected chi connectivity index (χ3v) is 4.84. The van der Waals surface area contributed by atoms with Crippen molar-refractivity contribution in [3.05, 3.63) is 48.2 Å². The summed E-state index contributed by atoms with van der Waals surface area (Å²) in [6.45, 7) is 6.16. The third kappa shape index (κ3) is 5.01. The number of hydrogen-bond acceptors (Lipinski definition) is 5. The first-order valence-corrected chi connectivity index (χ1v) is 9.71. The average molecular weight is 398 g/mol. The number of aromatic nitrogens is 2. The fraction of sp³-hybridized carbons (Fsp3) is 0.429. The zero-order chi connectivity index (χ0) is 21.0. The molecular formula is C21H26N4O4. The lowest BCUT2D eigenvalue weighted by molar-refractivity contribution is -0.157. The van der Waals surface area contributed by atoms with Crippen LogP contribution >= 0.6 is 0 Å². The summed E-state index contributed by atoms with van der Waals surface area (Å²) in [5, 5.41) is 6.88. The van der Waals surface area contributed by atoms with E-state index < -0.39 is 23.9 Å². The number of benzene rings is 1. The van der Waals surface area contributed by atoms with Crippen molar-refractivity contribution in [1.29, 1.82) is 0 Å². The Bertz CT molecular complexity index is 878. The second kappa shape index (κ2) is 8.89. The van der Waals surface area contributed by atoms with Crippen LogP contribution in [0.15, 0.2) is 42.6 Å². The summed E-state index contributed by atoms with van der Waals surface area (Å²) >= 11 is 0. The molecule has 2 aromatic rings. The highest BCUT2D eigenvalue weighted by Gasteiger charge is 2.36. The van der Waals surface area contributed by atoms with Gasteiger partial charge >= 0.3 is 5.97 Å². The van der Waals surface area contributed by atoms with Gasteiger partial charge in [-0.1, -0.05) is 30.3 Å². The highest BCUT2D eigenvalue weighted by atomic mass is 16.5. The quantitative estimate of drug-likeness (QED) is 0.723. The summed E-state index contributed by atoms with van der Waals surface area (Å²) in [6.07, 6.45) is 0.717. The van der Waals surface area contributed by atoms with Gasteiger partial charge in [0.25, 0.3) is 5.91 Å². The maximum absolute atomic E-state index is 12.5. The van der Waals surface area contributed by atoms with Gasteiger partial charge in [0.2, 0.25) is 5.91 Å². The number of amides is 2. The normalized spacial score (nSPS) is 17.4. The minimum Gasteiger partial charge on any atom is -0.452 e. The molecule has 1 saturated heterocycles. The van der Waals surface area contributed by atoms with Gasteiger partial charge in [0.05, 0.1) is 12.1 Å². The lowest BCUT2D eigenvalue weighted by Gasteiger charge is -2.18. The van der Waals surface area contributed by atoms with Gasteiger partial charge in [-0.15, -0.1) is 0 Å². The highest BCUT2D eigenvalue weighted by molar-refractivity contribution is 5.95. The smallest absolute Gasteiger partial charge is 0.312 e. The summed E-state index contributed by atoms with van der Waals surface area (Å²) in [4.78, 5) is 38.8. The Kier molecular flexibility index (Phi) is 6.31. The molecule has 154 valence electrons. The molecule has 2 heterocycles. The monoisotopic (exact) mass is 398 g/mol. The van der Waals surface area contributed by atoms with E-state index >= 15 is 0 Å². The predicted octanol–water partition coefficient (Wildman–Crippen LogP) is 2.38. The van der Waals surface area contributed by atoms with Crippen molar-refractivity contribution in [3.8, 4) is 0 Å². The lowest BCUT2D eigenvalue weighted by atomic mass is 10.1. The summed E-state index contributed by atoms with van der Waals surface area (Å²) in [6, 6.07) is 11.4. The molecule has 1 fully saturated rings. The Morgan fingerprint density at radius 2 is 1.93 bits per heavy atom. The van der Waals surface area contributed by atoms with E-state index in [9.17, 15) is 14.4 Å². The molecule has 2 amide bonds. The van der Waals surface area contributed by atoms with Gasteiger partial charge in [0.1, 0.15) is 5.82 Å². The van der Waals surface area contributed by atoms with Gasteiger partial charge < -0.3 is 15.0 Å². The van der Waals surface area contributed by atoms with Crippen LogP contribution in [0.1, 0.15) is 38.8 Å². The molecule has 1 aromatic carbocycles. The molecule has 0 bridgehead atoms. The number of carbonyl (C=O) groups excluding carboxylic acids is 3. The van der Waals surface area contributed by atoms with E-state index in [1.807, 2.05) is 44.2 Å². The standard InChI is InChI=1S/C21H26N4O4/c1-14(2)25-18(9-10-22-25)23-20(27)15(3)29-21(28)17-11-19(26)24(13-17)12-16-7-5-4-6-8-16/h4-10,14-15,17H,11-13H2,1-3H3,(H,23,27). The van der Waals surface area contributed by atoms with E-state index in [1.54, 1.807) is 21.8 Å². The van der Waals surface area contributed by atoms with E-state index in [1.165, 1.54) is 6.92 Å². The minimum atomic E-state index is -0.976. The average Bonchev–Trinajstić information content (AvgIpc) is 3.29. The fourth-order valence-electron chi connectivity index (χ4n) is 3.26. The number of ether oxygens (including phenoxy) is 1. The summed E-state index contributed by atoms with van der Waals surface area (Å²) in [7, 11) is 0. The van der Waals surface area contributed by atoms with Crippen LogP contribution in [0.5, 0.6) is 0 Å². The van der Waals surface area contributed by atoms with Crippen LogP contribution in [0, 0.1) is 5.92 Å². The topological polar surface area (TPSA) is 93.5 Å². The van der Waals surface area contributed by atoms with Crippen molar-refractivity contribution in [2.75, 3.05) is 11.9 Å². The predicted molar refractivity (Wildman–Crippen MR) is 107 cm³/mol. The summed E-state index contributed by atoms with van der Waals surface area (Å²) in [5.41, 5.74) is 1.00. The van der Waals surface area contributed by atoms with E-state index in [0.29, 0.717) is 18.9 Å². The van der Waals surface area contributed by atoms with Gasteiger partial charge in [-0.25, -0.2) is 4.68 Å². The molecule has 8 nitrogen and oxygen atoms in total. The first-order valence-electron chi connectivity index (χ1n) is 9.71. The van der Waals surface area contributed by atoms with Crippen LogP contribution < -0.4 is 5.32 Å². The van der Waals surface area contributed by atoms with Crippen LogP contribution in [-0.4, -0.2) is 45.1 Å². The molecule has 8 heteroatoms. The third-order valence-electron chi connectivity index (χ3n) is 4.84. The van der Waals surface area contributed by atoms with Crippen LogP contribution in [0.25, 0.3) is 0 Å². The van der Waals surface area contributed by atoms with Gasteiger partial charge in [0, 0.05) is 31.6 Å². The van der Waals surface area contributed by atoms with Crippen LogP contribution in [0.4, 0.5) is 5.82 Å². The highest BCUT2D eigenvalue weighted by Crippen LogP contribution is 2.22. The molecule has 0 spiro atoms. The lowest BCUT2D eigenvalue weighted by Crippen LogP contribution is -2.34. The van der Waals surface area contributed by atoms with Gasteiger partial charge in [-0.2, -0.15) is 5.10 Å². The molecule has 1 N–H and O–H groups in total. The Labute approximate surface area is 169 Å². The Morgan fingerprint density at radius 3 is 2.62 bits per heavy atom. The molecule has 0 radical (unpaired) electrons. The van der Waals surface area contributed by atoms with Gasteiger partial charge in [-0.05, 0) is 26.3 Å². The maximum Gasteiger partial charge on any atom is 0.312 e. The minimum absolute atomic E-state index is 0.0817. The van der Waals surface area contributed by atoms with Gasteiger partial charge in [-0.3, -0.25) is 14.4 Å².